The van der Waals surface area contributed by atoms with Gasteiger partial charge in [0.05, 0.1) is 6.61 Å². The lowest BCUT2D eigenvalue weighted by Gasteiger charge is -2.50. The van der Waals surface area contributed by atoms with Crippen LogP contribution in [0.5, 0.6) is 0 Å². The summed E-state index contributed by atoms with van der Waals surface area (Å²) >= 11 is 0. The second kappa shape index (κ2) is 6.78. The highest BCUT2D eigenvalue weighted by atomic mass is 16.5. The molecule has 0 aromatic carbocycles. The summed E-state index contributed by atoms with van der Waals surface area (Å²) in [5.74, 6) is -2.35. The Hall–Kier alpha value is -1.79. The molecule has 0 spiro atoms. The predicted octanol–water partition coefficient (Wildman–Crippen LogP) is 1.46. The Morgan fingerprint density at radius 2 is 1.71 bits per heavy atom. The van der Waals surface area contributed by atoms with Crippen LogP contribution in [0.15, 0.2) is 0 Å². The number of aliphatic carboxylic acids is 1. The lowest BCUT2D eigenvalue weighted by Crippen LogP contribution is -2.69. The fourth-order valence-electron chi connectivity index (χ4n) is 2.98. The highest BCUT2D eigenvalue weighted by Crippen LogP contribution is 2.42. The Kier molecular flexibility index (Phi) is 6.20. The van der Waals surface area contributed by atoms with Gasteiger partial charge in [-0.25, -0.2) is 9.59 Å². The summed E-state index contributed by atoms with van der Waals surface area (Å²) < 4.78 is 4.81. The van der Waals surface area contributed by atoms with Gasteiger partial charge >= 0.3 is 18.0 Å². The molecule has 0 rings (SSSR count). The number of hydrogen-bond acceptors (Lipinski definition) is 4. The lowest BCUT2D eigenvalue weighted by molar-refractivity contribution is -0.165. The Labute approximate surface area is 125 Å². The number of primary amides is 1. The number of esters is 1. The molecule has 0 aromatic rings. The molecule has 0 bridgehead atoms. The number of nitrogens with two attached hydrogens (primary N) is 1. The van der Waals surface area contributed by atoms with Crippen molar-refractivity contribution in [1.82, 2.24) is 4.90 Å². The number of ether oxygens (including phenoxy) is 1. The molecule has 3 N–H and O–H groups in total. The van der Waals surface area contributed by atoms with Gasteiger partial charge in [0.15, 0.2) is 0 Å². The van der Waals surface area contributed by atoms with Crippen LogP contribution in [-0.2, 0) is 14.3 Å². The molecule has 0 fully saturated rings. The quantitative estimate of drug-likeness (QED) is 0.722. The van der Waals surface area contributed by atoms with Crippen molar-refractivity contribution >= 4 is 18.0 Å². The first-order valence-corrected chi connectivity index (χ1v) is 6.88. The van der Waals surface area contributed by atoms with Crippen molar-refractivity contribution in [3.63, 3.8) is 0 Å². The van der Waals surface area contributed by atoms with Gasteiger partial charge in [-0.2, -0.15) is 0 Å². The third-order valence-electron chi connectivity index (χ3n) is 3.59. The molecule has 21 heavy (non-hydrogen) atoms. The number of hydrogen-bond donors (Lipinski definition) is 2. The highest BCUT2D eigenvalue weighted by Gasteiger charge is 2.57. The van der Waals surface area contributed by atoms with E-state index in [0.717, 1.165) is 4.90 Å². The van der Waals surface area contributed by atoms with Crippen LogP contribution in [-0.4, -0.2) is 46.7 Å². The SMILES string of the molecule is CCOC(=O)CN(C(N)=O)C(C(=O)O)(C(C)C)C(C)(C)C. The zero-order valence-corrected chi connectivity index (χ0v) is 13.6. The van der Waals surface area contributed by atoms with E-state index in [0.29, 0.717) is 0 Å². The molecule has 7 nitrogen and oxygen atoms in total. The smallest absolute Gasteiger partial charge is 0.330 e. The Balaban J connectivity index is 6.00. The minimum Gasteiger partial charge on any atom is -0.479 e. The van der Waals surface area contributed by atoms with Gasteiger partial charge in [-0.1, -0.05) is 34.6 Å². The topological polar surface area (TPSA) is 110 Å². The third kappa shape index (κ3) is 3.65. The molecule has 0 radical (unpaired) electrons. The van der Waals surface area contributed by atoms with Crippen molar-refractivity contribution in [2.75, 3.05) is 13.2 Å². The van der Waals surface area contributed by atoms with E-state index in [4.69, 9.17) is 10.5 Å². The zero-order chi connectivity index (χ0) is 17.0. The fourth-order valence-corrected chi connectivity index (χ4v) is 2.98. The van der Waals surface area contributed by atoms with E-state index in [1.54, 1.807) is 41.5 Å². The minimum absolute atomic E-state index is 0.142. The summed E-state index contributed by atoms with van der Waals surface area (Å²) in [6, 6.07) is -0.964. The van der Waals surface area contributed by atoms with Crippen molar-refractivity contribution in [2.24, 2.45) is 17.1 Å². The Bertz CT molecular complexity index is 414. The van der Waals surface area contributed by atoms with Gasteiger partial charge in [-0.05, 0) is 18.3 Å². The molecule has 1 atom stereocenters. The van der Waals surface area contributed by atoms with Crippen LogP contribution in [0.1, 0.15) is 41.5 Å². The van der Waals surface area contributed by atoms with E-state index >= 15 is 0 Å². The first kappa shape index (κ1) is 19.2. The van der Waals surface area contributed by atoms with E-state index in [9.17, 15) is 19.5 Å². The maximum absolute atomic E-state index is 12.0. The van der Waals surface area contributed by atoms with E-state index < -0.39 is 41.4 Å². The summed E-state index contributed by atoms with van der Waals surface area (Å²) in [4.78, 5) is 36.4. The van der Waals surface area contributed by atoms with Crippen LogP contribution in [0.2, 0.25) is 0 Å². The van der Waals surface area contributed by atoms with Gasteiger partial charge in [0, 0.05) is 0 Å². The van der Waals surface area contributed by atoms with Crippen molar-refractivity contribution in [3.05, 3.63) is 0 Å². The lowest BCUT2D eigenvalue weighted by atomic mass is 9.66. The number of rotatable bonds is 6. The first-order chi connectivity index (χ1) is 9.42. The van der Waals surface area contributed by atoms with E-state index in [2.05, 4.69) is 0 Å². The highest BCUT2D eigenvalue weighted by molar-refractivity contribution is 5.89. The van der Waals surface area contributed by atoms with Crippen molar-refractivity contribution in [3.8, 4) is 0 Å². The van der Waals surface area contributed by atoms with Gasteiger partial charge in [-0.15, -0.1) is 0 Å². The number of carboxylic acids is 1. The van der Waals surface area contributed by atoms with Crippen LogP contribution in [0.4, 0.5) is 4.79 Å². The van der Waals surface area contributed by atoms with Gasteiger partial charge < -0.3 is 15.6 Å². The Morgan fingerprint density at radius 1 is 1.24 bits per heavy atom. The number of nitrogens with zero attached hydrogens (tertiary/aromatic N) is 1. The van der Waals surface area contributed by atoms with Crippen LogP contribution >= 0.6 is 0 Å². The van der Waals surface area contributed by atoms with Gasteiger partial charge in [0.25, 0.3) is 0 Å². The minimum atomic E-state index is -1.62. The van der Waals surface area contributed by atoms with Crippen molar-refractivity contribution < 1.29 is 24.2 Å². The largest absolute Gasteiger partial charge is 0.479 e. The normalized spacial score (nSPS) is 14.4. The van der Waals surface area contributed by atoms with Crippen LogP contribution in [0.25, 0.3) is 0 Å². The first-order valence-electron chi connectivity index (χ1n) is 6.88. The van der Waals surface area contributed by atoms with Crippen LogP contribution < -0.4 is 5.73 Å². The van der Waals surface area contributed by atoms with Crippen molar-refractivity contribution in [1.29, 1.82) is 0 Å². The molecule has 0 saturated carbocycles. The summed E-state index contributed by atoms with van der Waals surface area (Å²) in [6.07, 6.45) is 0. The van der Waals surface area contributed by atoms with Gasteiger partial charge in [0.2, 0.25) is 0 Å². The third-order valence-corrected chi connectivity index (χ3v) is 3.59. The molecule has 1 unspecified atom stereocenters. The van der Waals surface area contributed by atoms with E-state index in [1.165, 1.54) is 0 Å². The average molecular weight is 302 g/mol. The van der Waals surface area contributed by atoms with Gasteiger partial charge in [0.1, 0.15) is 12.1 Å². The predicted molar refractivity (Wildman–Crippen MR) is 77.6 cm³/mol. The molecular weight excluding hydrogens is 276 g/mol. The van der Waals surface area contributed by atoms with E-state index in [1.807, 2.05) is 0 Å². The second-order valence-corrected chi connectivity index (χ2v) is 6.21. The molecule has 7 heteroatoms. The monoisotopic (exact) mass is 302 g/mol. The second-order valence-electron chi connectivity index (χ2n) is 6.21. The zero-order valence-electron chi connectivity index (χ0n) is 13.6. The van der Waals surface area contributed by atoms with Crippen LogP contribution in [0.3, 0.4) is 0 Å². The number of amides is 2. The maximum Gasteiger partial charge on any atom is 0.330 e. The number of carbonyl (C=O) groups excluding carboxylic acids is 2. The molecule has 0 aliphatic rings. The number of carbonyl (C=O) groups is 3. The van der Waals surface area contributed by atoms with Crippen molar-refractivity contribution in [2.45, 2.75) is 47.1 Å². The molecule has 0 saturated heterocycles. The molecular formula is C14H26N2O5. The summed E-state index contributed by atoms with van der Waals surface area (Å²) in [5.41, 5.74) is 2.90. The van der Waals surface area contributed by atoms with E-state index in [-0.39, 0.29) is 6.61 Å². The fraction of sp³-hybridized carbons (Fsp3) is 0.786. The molecule has 0 aliphatic carbocycles. The maximum atomic E-state index is 12.0. The number of carboxylic acid groups (broad SMARTS) is 1. The molecule has 0 aromatic heterocycles. The van der Waals surface area contributed by atoms with Gasteiger partial charge in [-0.3, -0.25) is 9.69 Å². The average Bonchev–Trinajstić information content (AvgIpc) is 2.25. The summed E-state index contributed by atoms with van der Waals surface area (Å²) in [5, 5.41) is 9.79. The van der Waals surface area contributed by atoms with Crippen LogP contribution in [0, 0.1) is 11.3 Å². The molecule has 0 aliphatic heterocycles. The molecule has 2 amide bonds. The number of urea groups is 1. The molecule has 122 valence electrons. The standard InChI is InChI=1S/C14H26N2O5/c1-7-21-10(17)8-16(12(15)20)14(9(2)3,11(18)19)13(4,5)6/h9H,7-8H2,1-6H3,(H2,15,20)(H,18,19). The summed E-state index contributed by atoms with van der Waals surface area (Å²) in [6.45, 7) is 9.73. The summed E-state index contributed by atoms with van der Waals surface area (Å²) in [7, 11) is 0. The Morgan fingerprint density at radius 3 is 1.95 bits per heavy atom. The molecule has 0 heterocycles.